The van der Waals surface area contributed by atoms with Gasteiger partial charge in [-0.25, -0.2) is 9.18 Å². The summed E-state index contributed by atoms with van der Waals surface area (Å²) < 4.78 is 18.7. The molecule has 0 saturated heterocycles. The fourth-order valence-corrected chi connectivity index (χ4v) is 3.08. The Labute approximate surface area is 135 Å². The van der Waals surface area contributed by atoms with E-state index >= 15 is 0 Å². The molecule has 1 amide bonds. The molecule has 0 aromatic heterocycles. The normalized spacial score (nSPS) is 22.9. The minimum absolute atomic E-state index is 0.233. The van der Waals surface area contributed by atoms with Crippen molar-refractivity contribution in [3.63, 3.8) is 0 Å². The minimum Gasteiger partial charge on any atom is -0.445 e. The van der Waals surface area contributed by atoms with E-state index in [1.165, 1.54) is 0 Å². The van der Waals surface area contributed by atoms with Crippen molar-refractivity contribution >= 4 is 6.09 Å². The predicted molar refractivity (Wildman–Crippen MR) is 86.9 cm³/mol. The molecule has 3 rings (SSSR count). The number of alkyl carbamates (subject to hydrolysis) is 1. The van der Waals surface area contributed by atoms with Crippen molar-refractivity contribution in [3.8, 4) is 0 Å². The van der Waals surface area contributed by atoms with Crippen LogP contribution in [0.15, 0.2) is 60.7 Å². The Bertz CT molecular complexity index is 639. The summed E-state index contributed by atoms with van der Waals surface area (Å²) in [5, 5.41) is 2.79. The van der Waals surface area contributed by atoms with Gasteiger partial charge in [-0.3, -0.25) is 0 Å². The molecule has 0 aliphatic heterocycles. The maximum atomic E-state index is 13.4. The molecular formula is C19H20FNO2. The fraction of sp³-hybridized carbons (Fsp3) is 0.316. The van der Waals surface area contributed by atoms with E-state index in [2.05, 4.69) is 5.32 Å². The van der Waals surface area contributed by atoms with Gasteiger partial charge in [-0.15, -0.1) is 0 Å². The first kappa shape index (κ1) is 15.5. The third-order valence-corrected chi connectivity index (χ3v) is 4.39. The summed E-state index contributed by atoms with van der Waals surface area (Å²) in [5.41, 5.74) is 1.69. The molecule has 120 valence electrons. The average Bonchev–Trinajstić information content (AvgIpc) is 2.57. The van der Waals surface area contributed by atoms with Gasteiger partial charge in [0.25, 0.3) is 0 Å². The van der Waals surface area contributed by atoms with Crippen molar-refractivity contribution < 1.29 is 13.9 Å². The Morgan fingerprint density at radius 1 is 1.09 bits per heavy atom. The highest BCUT2D eigenvalue weighted by molar-refractivity contribution is 5.67. The molecule has 23 heavy (non-hydrogen) atoms. The van der Waals surface area contributed by atoms with Gasteiger partial charge in [-0.05, 0) is 24.0 Å². The average molecular weight is 313 g/mol. The highest BCUT2D eigenvalue weighted by Crippen LogP contribution is 2.45. The Morgan fingerprint density at radius 2 is 1.70 bits per heavy atom. The second-order valence-corrected chi connectivity index (χ2v) is 6.07. The number of hydrogen-bond acceptors (Lipinski definition) is 2. The topological polar surface area (TPSA) is 38.3 Å². The number of halogens is 1. The van der Waals surface area contributed by atoms with E-state index in [0.717, 1.165) is 11.1 Å². The molecule has 0 unspecified atom stereocenters. The molecule has 0 bridgehead atoms. The molecule has 1 fully saturated rings. The van der Waals surface area contributed by atoms with E-state index in [1.807, 2.05) is 60.7 Å². The van der Waals surface area contributed by atoms with E-state index in [0.29, 0.717) is 19.4 Å². The number of nitrogens with one attached hydrogen (secondary N) is 1. The largest absolute Gasteiger partial charge is 0.445 e. The molecule has 0 radical (unpaired) electrons. The Kier molecular flexibility index (Phi) is 4.60. The van der Waals surface area contributed by atoms with Crippen LogP contribution in [0, 0.1) is 0 Å². The van der Waals surface area contributed by atoms with Crippen LogP contribution in [0.3, 0.4) is 0 Å². The van der Waals surface area contributed by atoms with E-state index in [9.17, 15) is 9.18 Å². The second kappa shape index (κ2) is 6.82. The van der Waals surface area contributed by atoms with Crippen molar-refractivity contribution in [2.24, 2.45) is 0 Å². The lowest BCUT2D eigenvalue weighted by Gasteiger charge is -2.44. The quantitative estimate of drug-likeness (QED) is 0.906. The number of benzene rings is 2. The van der Waals surface area contributed by atoms with Crippen LogP contribution in [0.1, 0.15) is 24.0 Å². The highest BCUT2D eigenvalue weighted by atomic mass is 19.1. The number of amides is 1. The molecule has 1 aliphatic carbocycles. The van der Waals surface area contributed by atoms with Gasteiger partial charge in [-0.1, -0.05) is 60.7 Å². The van der Waals surface area contributed by atoms with Gasteiger partial charge in [0.1, 0.15) is 12.8 Å². The molecule has 1 N–H and O–H groups in total. The predicted octanol–water partition coefficient (Wildman–Crippen LogP) is 3.98. The lowest BCUT2D eigenvalue weighted by molar-refractivity contribution is 0.0853. The van der Waals surface area contributed by atoms with Crippen LogP contribution in [0.5, 0.6) is 0 Å². The molecular weight excluding hydrogens is 293 g/mol. The maximum Gasteiger partial charge on any atom is 0.407 e. The second-order valence-electron chi connectivity index (χ2n) is 6.07. The summed E-state index contributed by atoms with van der Waals surface area (Å²) in [6, 6.07) is 19.3. The van der Waals surface area contributed by atoms with Crippen molar-refractivity contribution in [1.29, 1.82) is 0 Å². The summed E-state index contributed by atoms with van der Waals surface area (Å²) in [7, 11) is 0. The summed E-state index contributed by atoms with van der Waals surface area (Å²) >= 11 is 0. The van der Waals surface area contributed by atoms with Crippen LogP contribution in [0.4, 0.5) is 9.18 Å². The van der Waals surface area contributed by atoms with E-state index < -0.39 is 12.3 Å². The van der Waals surface area contributed by atoms with E-state index in [1.54, 1.807) is 0 Å². The number of carbonyl (C=O) groups is 1. The molecule has 0 atom stereocenters. The van der Waals surface area contributed by atoms with E-state index in [-0.39, 0.29) is 12.0 Å². The molecule has 1 aliphatic rings. The SMILES string of the molecule is O=C(NCC1(c2ccccc2)CC(F)C1)OCc1ccccc1. The van der Waals surface area contributed by atoms with Crippen LogP contribution in [0.25, 0.3) is 0 Å². The van der Waals surface area contributed by atoms with Gasteiger partial charge >= 0.3 is 6.09 Å². The third kappa shape index (κ3) is 3.70. The summed E-state index contributed by atoms with van der Waals surface area (Å²) in [6.07, 6.45) is -0.379. The lowest BCUT2D eigenvalue weighted by atomic mass is 9.63. The molecule has 0 spiro atoms. The Balaban J connectivity index is 1.54. The van der Waals surface area contributed by atoms with E-state index in [4.69, 9.17) is 4.74 Å². The Morgan fingerprint density at radius 3 is 2.30 bits per heavy atom. The van der Waals surface area contributed by atoms with Gasteiger partial charge in [0.05, 0.1) is 0 Å². The number of carbonyl (C=O) groups excluding carboxylic acids is 1. The zero-order valence-electron chi connectivity index (χ0n) is 12.9. The van der Waals surface area contributed by atoms with Crippen LogP contribution in [-0.2, 0) is 16.8 Å². The molecule has 0 heterocycles. The molecule has 3 nitrogen and oxygen atoms in total. The van der Waals surface area contributed by atoms with Crippen LogP contribution in [-0.4, -0.2) is 18.8 Å². The van der Waals surface area contributed by atoms with Crippen LogP contribution >= 0.6 is 0 Å². The first-order chi connectivity index (χ1) is 11.2. The molecule has 2 aromatic rings. The van der Waals surface area contributed by atoms with Gasteiger partial charge in [-0.2, -0.15) is 0 Å². The van der Waals surface area contributed by atoms with Gasteiger partial charge in [0, 0.05) is 12.0 Å². The van der Waals surface area contributed by atoms with Crippen LogP contribution in [0.2, 0.25) is 0 Å². The van der Waals surface area contributed by atoms with Gasteiger partial charge < -0.3 is 10.1 Å². The highest BCUT2D eigenvalue weighted by Gasteiger charge is 2.46. The number of ether oxygens (including phenoxy) is 1. The summed E-state index contributed by atoms with van der Waals surface area (Å²) in [5.74, 6) is 0. The Hall–Kier alpha value is -2.36. The zero-order chi connectivity index (χ0) is 16.1. The van der Waals surface area contributed by atoms with Crippen LogP contribution < -0.4 is 5.32 Å². The van der Waals surface area contributed by atoms with Crippen molar-refractivity contribution in [1.82, 2.24) is 5.32 Å². The molecule has 4 heteroatoms. The molecule has 2 aromatic carbocycles. The van der Waals surface area contributed by atoms with Gasteiger partial charge in [0.2, 0.25) is 0 Å². The van der Waals surface area contributed by atoms with Gasteiger partial charge in [0.15, 0.2) is 0 Å². The smallest absolute Gasteiger partial charge is 0.407 e. The zero-order valence-corrected chi connectivity index (χ0v) is 12.9. The number of alkyl halides is 1. The summed E-state index contributed by atoms with van der Waals surface area (Å²) in [6.45, 7) is 0.627. The minimum atomic E-state index is -0.794. The maximum absolute atomic E-state index is 13.4. The van der Waals surface area contributed by atoms with Crippen molar-refractivity contribution in [2.75, 3.05) is 6.54 Å². The summed E-state index contributed by atoms with van der Waals surface area (Å²) in [4.78, 5) is 11.9. The first-order valence-electron chi connectivity index (χ1n) is 7.82. The standard InChI is InChI=1S/C19H20FNO2/c20-17-11-19(12-17,16-9-5-2-6-10-16)14-21-18(22)23-13-15-7-3-1-4-8-15/h1-10,17H,11-14H2,(H,21,22). The number of hydrogen-bond donors (Lipinski definition) is 1. The fourth-order valence-electron chi connectivity index (χ4n) is 3.08. The molecule has 1 saturated carbocycles. The monoisotopic (exact) mass is 313 g/mol. The van der Waals surface area contributed by atoms with Crippen molar-refractivity contribution in [3.05, 3.63) is 71.8 Å². The van der Waals surface area contributed by atoms with Crippen molar-refractivity contribution in [2.45, 2.75) is 31.0 Å². The number of rotatable bonds is 5. The third-order valence-electron chi connectivity index (χ3n) is 4.39. The first-order valence-corrected chi connectivity index (χ1v) is 7.82. The lowest BCUT2D eigenvalue weighted by Crippen LogP contribution is -2.50.